The van der Waals surface area contributed by atoms with Crippen LogP contribution in [0.4, 0.5) is 0 Å². The summed E-state index contributed by atoms with van der Waals surface area (Å²) in [5.74, 6) is 0.586. The molecule has 1 heteroatoms. The lowest BCUT2D eigenvalue weighted by molar-refractivity contribution is 0.578. The van der Waals surface area contributed by atoms with Gasteiger partial charge in [-0.2, -0.15) is 0 Å². The van der Waals surface area contributed by atoms with Crippen LogP contribution in [0.2, 0.25) is 0 Å². The molecule has 1 aromatic rings. The third kappa shape index (κ3) is 2.90. The number of unbranched alkanes of at least 4 members (excludes halogenated alkanes) is 1. The molecule has 1 aliphatic rings. The van der Waals surface area contributed by atoms with Crippen molar-refractivity contribution in [2.45, 2.75) is 57.8 Å². The van der Waals surface area contributed by atoms with Crippen molar-refractivity contribution in [3.63, 3.8) is 0 Å². The Bertz CT molecular complexity index is 357. The third-order valence-electron chi connectivity index (χ3n) is 4.06. The monoisotopic (exact) mass is 231 g/mol. The molecule has 1 nitrogen and oxygen atoms in total. The molecule has 2 N–H and O–H groups in total. The Morgan fingerprint density at radius 3 is 2.82 bits per heavy atom. The van der Waals surface area contributed by atoms with Crippen molar-refractivity contribution < 1.29 is 0 Å². The molecule has 0 amide bonds. The SMILES string of the molecule is CCCCC(CN)c1cccc2c1CCCC2. The molecular formula is C16H25N. The fraction of sp³-hybridized carbons (Fsp3) is 0.625. The van der Waals surface area contributed by atoms with Crippen LogP contribution >= 0.6 is 0 Å². The predicted molar refractivity (Wildman–Crippen MR) is 74.4 cm³/mol. The molecule has 0 saturated heterocycles. The summed E-state index contributed by atoms with van der Waals surface area (Å²) in [6, 6.07) is 6.86. The molecule has 0 heterocycles. The van der Waals surface area contributed by atoms with Crippen molar-refractivity contribution in [1.82, 2.24) is 0 Å². The van der Waals surface area contributed by atoms with Gasteiger partial charge in [-0.25, -0.2) is 0 Å². The number of rotatable bonds is 5. The number of hydrogen-bond donors (Lipinski definition) is 1. The van der Waals surface area contributed by atoms with Crippen molar-refractivity contribution in [3.8, 4) is 0 Å². The first-order chi connectivity index (χ1) is 8.36. The normalized spacial score (nSPS) is 16.6. The molecule has 1 aliphatic carbocycles. The number of aryl methyl sites for hydroxylation is 1. The minimum Gasteiger partial charge on any atom is -0.330 e. The molecule has 1 unspecified atom stereocenters. The minimum absolute atomic E-state index is 0.586. The molecule has 1 atom stereocenters. The van der Waals surface area contributed by atoms with E-state index in [9.17, 15) is 0 Å². The predicted octanol–water partition coefficient (Wildman–Crippen LogP) is 3.80. The molecule has 1 aromatic carbocycles. The number of benzene rings is 1. The Hall–Kier alpha value is -0.820. The van der Waals surface area contributed by atoms with E-state index in [0.717, 1.165) is 6.54 Å². The molecular weight excluding hydrogens is 206 g/mol. The van der Waals surface area contributed by atoms with Gasteiger partial charge in [0.2, 0.25) is 0 Å². The summed E-state index contributed by atoms with van der Waals surface area (Å²) in [6.07, 6.45) is 9.08. The van der Waals surface area contributed by atoms with E-state index in [1.165, 1.54) is 44.9 Å². The highest BCUT2D eigenvalue weighted by Crippen LogP contribution is 2.31. The number of fused-ring (bicyclic) bond motifs is 1. The Morgan fingerprint density at radius 2 is 2.06 bits per heavy atom. The van der Waals surface area contributed by atoms with Crippen molar-refractivity contribution in [1.29, 1.82) is 0 Å². The third-order valence-corrected chi connectivity index (χ3v) is 4.06. The molecule has 0 aliphatic heterocycles. The largest absolute Gasteiger partial charge is 0.330 e. The van der Waals surface area contributed by atoms with Crippen molar-refractivity contribution in [2.75, 3.05) is 6.54 Å². The van der Waals surface area contributed by atoms with Crippen LogP contribution in [0.3, 0.4) is 0 Å². The average molecular weight is 231 g/mol. The van der Waals surface area contributed by atoms with Gasteiger partial charge in [-0.1, -0.05) is 38.0 Å². The van der Waals surface area contributed by atoms with Gasteiger partial charge in [0.25, 0.3) is 0 Å². The van der Waals surface area contributed by atoms with Crippen molar-refractivity contribution in [3.05, 3.63) is 34.9 Å². The Morgan fingerprint density at radius 1 is 1.24 bits per heavy atom. The van der Waals surface area contributed by atoms with Crippen molar-refractivity contribution >= 4 is 0 Å². The highest BCUT2D eigenvalue weighted by molar-refractivity contribution is 5.39. The standard InChI is InChI=1S/C16H25N/c1-2-3-7-14(12-17)16-11-6-9-13-8-4-5-10-15(13)16/h6,9,11,14H,2-5,7-8,10,12,17H2,1H3. The first kappa shape index (κ1) is 12.6. The molecule has 2 rings (SSSR count). The highest BCUT2D eigenvalue weighted by Gasteiger charge is 2.18. The summed E-state index contributed by atoms with van der Waals surface area (Å²) in [4.78, 5) is 0. The fourth-order valence-electron chi connectivity index (χ4n) is 3.04. The summed E-state index contributed by atoms with van der Waals surface area (Å²) >= 11 is 0. The summed E-state index contributed by atoms with van der Waals surface area (Å²) < 4.78 is 0. The number of nitrogens with two attached hydrogens (primary N) is 1. The van der Waals surface area contributed by atoms with Gasteiger partial charge in [0.1, 0.15) is 0 Å². The lowest BCUT2D eigenvalue weighted by Crippen LogP contribution is -2.16. The lowest BCUT2D eigenvalue weighted by atomic mass is 9.82. The Labute approximate surface area is 105 Å². The van der Waals surface area contributed by atoms with Crippen molar-refractivity contribution in [2.24, 2.45) is 5.73 Å². The van der Waals surface area contributed by atoms with E-state index in [0.29, 0.717) is 5.92 Å². The summed E-state index contributed by atoms with van der Waals surface area (Å²) in [5, 5.41) is 0. The first-order valence-corrected chi connectivity index (χ1v) is 7.17. The van der Waals surface area contributed by atoms with E-state index in [4.69, 9.17) is 5.73 Å². The maximum Gasteiger partial charge on any atom is -0.000813 e. The van der Waals surface area contributed by atoms with Crippen LogP contribution in [0.15, 0.2) is 18.2 Å². The van der Waals surface area contributed by atoms with Crippen LogP contribution in [0.1, 0.15) is 61.6 Å². The van der Waals surface area contributed by atoms with Gasteiger partial charge in [0.15, 0.2) is 0 Å². The van der Waals surface area contributed by atoms with Gasteiger partial charge in [-0.05, 0) is 61.3 Å². The van der Waals surface area contributed by atoms with Gasteiger partial charge in [-0.3, -0.25) is 0 Å². The second-order valence-electron chi connectivity index (χ2n) is 5.27. The second kappa shape index (κ2) is 6.20. The van der Waals surface area contributed by atoms with E-state index in [1.54, 1.807) is 16.7 Å². The van der Waals surface area contributed by atoms with Crippen LogP contribution in [0.5, 0.6) is 0 Å². The summed E-state index contributed by atoms with van der Waals surface area (Å²) in [7, 11) is 0. The van der Waals surface area contributed by atoms with E-state index in [1.807, 2.05) is 0 Å². The quantitative estimate of drug-likeness (QED) is 0.819. The smallest absolute Gasteiger partial charge is 0.000813 e. The molecule has 17 heavy (non-hydrogen) atoms. The molecule has 94 valence electrons. The number of hydrogen-bond acceptors (Lipinski definition) is 1. The maximum absolute atomic E-state index is 5.98. The molecule has 0 saturated carbocycles. The molecule has 0 spiro atoms. The zero-order valence-corrected chi connectivity index (χ0v) is 11.0. The van der Waals surface area contributed by atoms with E-state index >= 15 is 0 Å². The zero-order valence-electron chi connectivity index (χ0n) is 11.0. The van der Waals surface area contributed by atoms with Gasteiger partial charge >= 0.3 is 0 Å². The van der Waals surface area contributed by atoms with Gasteiger partial charge in [0, 0.05) is 0 Å². The van der Waals surface area contributed by atoms with Crippen LogP contribution in [-0.2, 0) is 12.8 Å². The van der Waals surface area contributed by atoms with E-state index < -0.39 is 0 Å². The minimum atomic E-state index is 0.586. The molecule has 0 aromatic heterocycles. The zero-order chi connectivity index (χ0) is 12.1. The molecule has 0 bridgehead atoms. The fourth-order valence-corrected chi connectivity index (χ4v) is 3.04. The summed E-state index contributed by atoms with van der Waals surface area (Å²) in [6.45, 7) is 3.06. The van der Waals surface area contributed by atoms with Gasteiger partial charge in [-0.15, -0.1) is 0 Å². The van der Waals surface area contributed by atoms with Gasteiger partial charge in [0.05, 0.1) is 0 Å². The Kier molecular flexibility index (Phi) is 4.61. The van der Waals surface area contributed by atoms with Crippen LogP contribution in [0, 0.1) is 0 Å². The second-order valence-corrected chi connectivity index (χ2v) is 5.27. The van der Waals surface area contributed by atoms with Crippen LogP contribution in [0.25, 0.3) is 0 Å². The van der Waals surface area contributed by atoms with E-state index in [2.05, 4.69) is 25.1 Å². The van der Waals surface area contributed by atoms with Crippen LogP contribution in [-0.4, -0.2) is 6.54 Å². The van der Waals surface area contributed by atoms with Gasteiger partial charge < -0.3 is 5.73 Å². The maximum atomic E-state index is 5.98. The average Bonchev–Trinajstić information content (AvgIpc) is 2.40. The van der Waals surface area contributed by atoms with E-state index in [-0.39, 0.29) is 0 Å². The van der Waals surface area contributed by atoms with Crippen LogP contribution < -0.4 is 5.73 Å². The topological polar surface area (TPSA) is 26.0 Å². The first-order valence-electron chi connectivity index (χ1n) is 7.17. The molecule has 0 radical (unpaired) electrons. The summed E-state index contributed by atoms with van der Waals surface area (Å²) in [5.41, 5.74) is 10.7. The lowest BCUT2D eigenvalue weighted by Gasteiger charge is -2.24. The highest BCUT2D eigenvalue weighted by atomic mass is 14.5. The molecule has 0 fully saturated rings. The Balaban J connectivity index is 2.23.